The summed E-state index contributed by atoms with van der Waals surface area (Å²) in [5.41, 5.74) is 7.48. The van der Waals surface area contributed by atoms with Gasteiger partial charge in [-0.2, -0.15) is 5.10 Å². The molecule has 16 heavy (non-hydrogen) atoms. The molecule has 0 saturated heterocycles. The molecule has 0 radical (unpaired) electrons. The highest BCUT2D eigenvalue weighted by Gasteiger charge is 2.18. The fourth-order valence-electron chi connectivity index (χ4n) is 2.77. The number of rotatable bonds is 5. The van der Waals surface area contributed by atoms with Gasteiger partial charge in [-0.15, -0.1) is 0 Å². The van der Waals surface area contributed by atoms with Gasteiger partial charge in [0.15, 0.2) is 0 Å². The van der Waals surface area contributed by atoms with Gasteiger partial charge in [0, 0.05) is 25.0 Å². The summed E-state index contributed by atoms with van der Waals surface area (Å²) in [7, 11) is 2.00. The van der Waals surface area contributed by atoms with Crippen LogP contribution in [-0.4, -0.2) is 15.8 Å². The van der Waals surface area contributed by atoms with Gasteiger partial charge in [0.1, 0.15) is 0 Å². The van der Waals surface area contributed by atoms with Crippen molar-refractivity contribution >= 4 is 0 Å². The van der Waals surface area contributed by atoms with Crippen molar-refractivity contribution in [2.45, 2.75) is 51.0 Å². The van der Waals surface area contributed by atoms with E-state index in [1.165, 1.54) is 37.8 Å². The molecule has 1 unspecified atom stereocenters. The summed E-state index contributed by atoms with van der Waals surface area (Å²) in [6.07, 6.45) is 10.9. The van der Waals surface area contributed by atoms with Crippen molar-refractivity contribution in [2.75, 3.05) is 0 Å². The van der Waals surface area contributed by atoms with Crippen LogP contribution in [0.4, 0.5) is 0 Å². The van der Waals surface area contributed by atoms with E-state index in [1.54, 1.807) is 0 Å². The molecule has 1 atom stereocenters. The van der Waals surface area contributed by atoms with Gasteiger partial charge in [0.2, 0.25) is 0 Å². The lowest BCUT2D eigenvalue weighted by atomic mass is 9.96. The fourth-order valence-corrected chi connectivity index (χ4v) is 2.77. The Balaban J connectivity index is 1.71. The van der Waals surface area contributed by atoms with Crippen LogP contribution in [0, 0.1) is 5.92 Å². The van der Waals surface area contributed by atoms with Crippen molar-refractivity contribution in [2.24, 2.45) is 18.7 Å². The van der Waals surface area contributed by atoms with Crippen molar-refractivity contribution in [3.05, 3.63) is 18.0 Å². The minimum absolute atomic E-state index is 0.373. The number of aryl methyl sites for hydroxylation is 2. The second-order valence-electron chi connectivity index (χ2n) is 5.13. The third-order valence-electron chi connectivity index (χ3n) is 3.80. The molecule has 1 saturated carbocycles. The zero-order valence-electron chi connectivity index (χ0n) is 10.2. The molecule has 0 spiro atoms. The summed E-state index contributed by atoms with van der Waals surface area (Å²) in [6, 6.07) is 2.46. The van der Waals surface area contributed by atoms with Gasteiger partial charge in [-0.05, 0) is 31.2 Å². The quantitative estimate of drug-likeness (QED) is 0.829. The normalized spacial score (nSPS) is 19.1. The molecular weight excluding hydrogens is 198 g/mol. The van der Waals surface area contributed by atoms with E-state index in [0.717, 1.165) is 18.8 Å². The largest absolute Gasteiger partial charge is 0.328 e. The lowest BCUT2D eigenvalue weighted by molar-refractivity contribution is 0.424. The van der Waals surface area contributed by atoms with Crippen LogP contribution in [0.15, 0.2) is 12.3 Å². The van der Waals surface area contributed by atoms with Crippen LogP contribution in [0.25, 0.3) is 0 Å². The first-order valence-electron chi connectivity index (χ1n) is 6.48. The van der Waals surface area contributed by atoms with E-state index in [1.807, 2.05) is 17.9 Å². The third-order valence-corrected chi connectivity index (χ3v) is 3.80. The Hall–Kier alpha value is -0.830. The molecule has 0 aliphatic heterocycles. The maximum Gasteiger partial charge on any atom is 0.0492 e. The number of nitrogens with two attached hydrogens (primary N) is 1. The molecule has 90 valence electrons. The van der Waals surface area contributed by atoms with Gasteiger partial charge in [-0.1, -0.05) is 25.7 Å². The predicted molar refractivity (Wildman–Crippen MR) is 66.1 cm³/mol. The maximum absolute atomic E-state index is 6.19. The van der Waals surface area contributed by atoms with Crippen LogP contribution in [-0.2, 0) is 13.5 Å². The maximum atomic E-state index is 6.19. The monoisotopic (exact) mass is 221 g/mol. The molecule has 1 heterocycles. The Morgan fingerprint density at radius 3 is 2.88 bits per heavy atom. The summed E-state index contributed by atoms with van der Waals surface area (Å²) >= 11 is 0. The molecule has 3 nitrogen and oxygen atoms in total. The van der Waals surface area contributed by atoms with Gasteiger partial charge < -0.3 is 5.73 Å². The van der Waals surface area contributed by atoms with E-state index < -0.39 is 0 Å². The lowest BCUT2D eigenvalue weighted by Crippen LogP contribution is -2.23. The van der Waals surface area contributed by atoms with Crippen LogP contribution < -0.4 is 5.73 Å². The van der Waals surface area contributed by atoms with Crippen LogP contribution >= 0.6 is 0 Å². The molecule has 1 fully saturated rings. The Kier molecular flexibility index (Phi) is 3.99. The van der Waals surface area contributed by atoms with Crippen molar-refractivity contribution in [1.82, 2.24) is 9.78 Å². The van der Waals surface area contributed by atoms with Gasteiger partial charge in [-0.25, -0.2) is 0 Å². The zero-order chi connectivity index (χ0) is 11.4. The molecule has 1 aliphatic carbocycles. The topological polar surface area (TPSA) is 43.8 Å². The number of nitrogens with zero attached hydrogens (tertiary/aromatic N) is 2. The Morgan fingerprint density at radius 1 is 1.50 bits per heavy atom. The van der Waals surface area contributed by atoms with E-state index in [2.05, 4.69) is 11.2 Å². The van der Waals surface area contributed by atoms with Crippen LogP contribution in [0.3, 0.4) is 0 Å². The number of aromatic nitrogens is 2. The van der Waals surface area contributed by atoms with Crippen LogP contribution in [0.1, 0.15) is 44.2 Å². The van der Waals surface area contributed by atoms with Crippen LogP contribution in [0.2, 0.25) is 0 Å². The Labute approximate surface area is 98.0 Å². The standard InChI is InChI=1S/C13H23N3/c1-16-13(8-9-15-16)7-6-12(14)10-11-4-2-3-5-11/h8-9,11-12H,2-7,10,14H2,1H3. The van der Waals surface area contributed by atoms with Crippen molar-refractivity contribution in [3.8, 4) is 0 Å². The molecule has 2 N–H and O–H groups in total. The second kappa shape index (κ2) is 5.48. The van der Waals surface area contributed by atoms with Crippen molar-refractivity contribution in [3.63, 3.8) is 0 Å². The first kappa shape index (κ1) is 11.6. The van der Waals surface area contributed by atoms with Gasteiger partial charge >= 0.3 is 0 Å². The second-order valence-corrected chi connectivity index (χ2v) is 5.13. The van der Waals surface area contributed by atoms with E-state index in [9.17, 15) is 0 Å². The highest BCUT2D eigenvalue weighted by atomic mass is 15.2. The SMILES string of the molecule is Cn1nccc1CCC(N)CC1CCCC1. The van der Waals surface area contributed by atoms with E-state index in [0.29, 0.717) is 6.04 Å². The molecule has 0 bridgehead atoms. The summed E-state index contributed by atoms with van der Waals surface area (Å²) in [5.74, 6) is 0.904. The molecule has 3 heteroatoms. The average Bonchev–Trinajstić information content (AvgIpc) is 2.87. The first-order valence-corrected chi connectivity index (χ1v) is 6.48. The van der Waals surface area contributed by atoms with E-state index in [4.69, 9.17) is 5.73 Å². The molecule has 1 aliphatic rings. The first-order chi connectivity index (χ1) is 7.75. The van der Waals surface area contributed by atoms with Gasteiger partial charge in [0.25, 0.3) is 0 Å². The average molecular weight is 221 g/mol. The van der Waals surface area contributed by atoms with Crippen molar-refractivity contribution in [1.29, 1.82) is 0 Å². The highest BCUT2D eigenvalue weighted by Crippen LogP contribution is 2.28. The van der Waals surface area contributed by atoms with E-state index >= 15 is 0 Å². The van der Waals surface area contributed by atoms with Crippen molar-refractivity contribution < 1.29 is 0 Å². The summed E-state index contributed by atoms with van der Waals surface area (Å²) in [6.45, 7) is 0. The molecule has 1 aromatic rings. The molecule has 2 rings (SSSR count). The Bertz CT molecular complexity index is 313. The molecule has 1 aromatic heterocycles. The van der Waals surface area contributed by atoms with E-state index in [-0.39, 0.29) is 0 Å². The van der Waals surface area contributed by atoms with Gasteiger partial charge in [-0.3, -0.25) is 4.68 Å². The summed E-state index contributed by atoms with van der Waals surface area (Å²) in [4.78, 5) is 0. The number of hydrogen-bond donors (Lipinski definition) is 1. The fraction of sp³-hybridized carbons (Fsp3) is 0.769. The Morgan fingerprint density at radius 2 is 2.25 bits per heavy atom. The third kappa shape index (κ3) is 3.08. The van der Waals surface area contributed by atoms with Crippen LogP contribution in [0.5, 0.6) is 0 Å². The molecular formula is C13H23N3. The smallest absolute Gasteiger partial charge is 0.0492 e. The molecule has 0 amide bonds. The molecule has 0 aromatic carbocycles. The lowest BCUT2D eigenvalue weighted by Gasteiger charge is -2.16. The summed E-state index contributed by atoms with van der Waals surface area (Å²) in [5, 5.41) is 4.17. The number of hydrogen-bond acceptors (Lipinski definition) is 2. The van der Waals surface area contributed by atoms with Gasteiger partial charge in [0.05, 0.1) is 0 Å². The highest BCUT2D eigenvalue weighted by molar-refractivity contribution is 5.00. The minimum atomic E-state index is 0.373. The summed E-state index contributed by atoms with van der Waals surface area (Å²) < 4.78 is 1.95. The zero-order valence-corrected chi connectivity index (χ0v) is 10.2. The minimum Gasteiger partial charge on any atom is -0.328 e. The predicted octanol–water partition coefficient (Wildman–Crippen LogP) is 2.26.